The van der Waals surface area contributed by atoms with Gasteiger partial charge in [-0.1, -0.05) is 13.0 Å². The Bertz CT molecular complexity index is 420. The third kappa shape index (κ3) is 4.27. The number of aryl methyl sites for hydroxylation is 1. The third-order valence-corrected chi connectivity index (χ3v) is 3.78. The van der Waals surface area contributed by atoms with Crippen LogP contribution in [0.5, 0.6) is 0 Å². The number of rotatable bonds is 7. The Labute approximate surface area is 122 Å². The van der Waals surface area contributed by atoms with E-state index < -0.39 is 0 Å². The van der Waals surface area contributed by atoms with Crippen LogP contribution in [0.25, 0.3) is 0 Å². The highest BCUT2D eigenvalue weighted by molar-refractivity contribution is 5.30. The van der Waals surface area contributed by atoms with Crippen molar-refractivity contribution in [2.45, 2.75) is 32.9 Å². The van der Waals surface area contributed by atoms with Gasteiger partial charge in [0.05, 0.1) is 0 Å². The van der Waals surface area contributed by atoms with Crippen molar-refractivity contribution in [2.24, 2.45) is 5.73 Å². The summed E-state index contributed by atoms with van der Waals surface area (Å²) in [6.45, 7) is 8.69. The van der Waals surface area contributed by atoms with Crippen LogP contribution in [0.4, 0.5) is 4.39 Å². The van der Waals surface area contributed by atoms with Crippen molar-refractivity contribution < 1.29 is 4.39 Å². The van der Waals surface area contributed by atoms with E-state index in [4.69, 9.17) is 5.73 Å². The zero-order valence-corrected chi connectivity index (χ0v) is 13.4. The molecule has 114 valence electrons. The zero-order chi connectivity index (χ0) is 15.3. The van der Waals surface area contributed by atoms with E-state index in [-0.39, 0.29) is 11.9 Å². The topological polar surface area (TPSA) is 32.5 Å². The van der Waals surface area contributed by atoms with Gasteiger partial charge in [0, 0.05) is 25.2 Å². The van der Waals surface area contributed by atoms with Crippen molar-refractivity contribution in [1.82, 2.24) is 9.80 Å². The minimum absolute atomic E-state index is 0.0608. The minimum Gasteiger partial charge on any atom is -0.329 e. The molecule has 2 N–H and O–H groups in total. The van der Waals surface area contributed by atoms with Gasteiger partial charge in [-0.25, -0.2) is 4.39 Å². The summed E-state index contributed by atoms with van der Waals surface area (Å²) in [5, 5.41) is 0. The summed E-state index contributed by atoms with van der Waals surface area (Å²) in [5.41, 5.74) is 8.09. The largest absolute Gasteiger partial charge is 0.329 e. The Balaban J connectivity index is 3.05. The van der Waals surface area contributed by atoms with E-state index in [1.165, 1.54) is 6.07 Å². The molecule has 2 unspecified atom stereocenters. The highest BCUT2D eigenvalue weighted by Gasteiger charge is 2.24. The minimum atomic E-state index is -0.194. The van der Waals surface area contributed by atoms with Gasteiger partial charge in [-0.05, 0) is 57.7 Å². The lowest BCUT2D eigenvalue weighted by Crippen LogP contribution is -2.44. The van der Waals surface area contributed by atoms with Crippen LogP contribution in [0.2, 0.25) is 0 Å². The molecule has 0 aliphatic heterocycles. The summed E-state index contributed by atoms with van der Waals surface area (Å²) in [7, 11) is 4.13. The van der Waals surface area contributed by atoms with Gasteiger partial charge in [0.15, 0.2) is 0 Å². The van der Waals surface area contributed by atoms with Crippen molar-refractivity contribution in [2.75, 3.05) is 33.7 Å². The molecule has 20 heavy (non-hydrogen) atoms. The summed E-state index contributed by atoms with van der Waals surface area (Å²) >= 11 is 0. The number of nitrogens with zero attached hydrogens (tertiary/aromatic N) is 2. The van der Waals surface area contributed by atoms with Crippen LogP contribution in [-0.4, -0.2) is 49.6 Å². The molecule has 0 aromatic heterocycles. The molecule has 3 nitrogen and oxygen atoms in total. The van der Waals surface area contributed by atoms with Gasteiger partial charge in [-0.3, -0.25) is 4.90 Å². The van der Waals surface area contributed by atoms with Crippen LogP contribution >= 0.6 is 0 Å². The molecule has 1 aromatic carbocycles. The van der Waals surface area contributed by atoms with Crippen LogP contribution in [0.1, 0.15) is 31.0 Å². The van der Waals surface area contributed by atoms with Crippen LogP contribution in [0, 0.1) is 12.7 Å². The van der Waals surface area contributed by atoms with Crippen LogP contribution < -0.4 is 5.73 Å². The summed E-state index contributed by atoms with van der Waals surface area (Å²) < 4.78 is 13.6. The van der Waals surface area contributed by atoms with E-state index in [1.807, 2.05) is 13.0 Å². The second-order valence-electron chi connectivity index (χ2n) is 5.69. The normalized spacial score (nSPS) is 14.8. The molecule has 0 heterocycles. The first-order valence-corrected chi connectivity index (χ1v) is 7.27. The Kier molecular flexibility index (Phi) is 6.59. The van der Waals surface area contributed by atoms with Gasteiger partial charge in [0.25, 0.3) is 0 Å². The van der Waals surface area contributed by atoms with E-state index in [2.05, 4.69) is 37.7 Å². The van der Waals surface area contributed by atoms with Crippen molar-refractivity contribution >= 4 is 0 Å². The van der Waals surface area contributed by atoms with Gasteiger partial charge in [0.1, 0.15) is 5.82 Å². The fourth-order valence-electron chi connectivity index (χ4n) is 2.88. The van der Waals surface area contributed by atoms with E-state index >= 15 is 0 Å². The smallest absolute Gasteiger partial charge is 0.123 e. The van der Waals surface area contributed by atoms with Crippen molar-refractivity contribution in [3.63, 3.8) is 0 Å². The summed E-state index contributed by atoms with van der Waals surface area (Å²) in [6.07, 6.45) is 0. The molecule has 0 bridgehead atoms. The molecule has 4 heteroatoms. The lowest BCUT2D eigenvalue weighted by atomic mass is 9.98. The maximum Gasteiger partial charge on any atom is 0.123 e. The van der Waals surface area contributed by atoms with Gasteiger partial charge in [-0.2, -0.15) is 0 Å². The van der Waals surface area contributed by atoms with Crippen molar-refractivity contribution in [1.29, 1.82) is 0 Å². The van der Waals surface area contributed by atoms with Crippen molar-refractivity contribution in [3.8, 4) is 0 Å². The first-order valence-electron chi connectivity index (χ1n) is 7.27. The van der Waals surface area contributed by atoms with Gasteiger partial charge in [0.2, 0.25) is 0 Å². The Morgan fingerprint density at radius 1 is 1.30 bits per heavy atom. The molecule has 0 spiro atoms. The quantitative estimate of drug-likeness (QED) is 0.833. The Morgan fingerprint density at radius 2 is 1.95 bits per heavy atom. The fourth-order valence-corrected chi connectivity index (χ4v) is 2.88. The molecule has 0 aliphatic rings. The lowest BCUT2D eigenvalue weighted by Gasteiger charge is -2.37. The number of halogens is 1. The van der Waals surface area contributed by atoms with Gasteiger partial charge >= 0.3 is 0 Å². The van der Waals surface area contributed by atoms with Gasteiger partial charge in [-0.15, -0.1) is 0 Å². The molecule has 0 fully saturated rings. The molecule has 2 atom stereocenters. The first kappa shape index (κ1) is 17.1. The maximum absolute atomic E-state index is 13.6. The van der Waals surface area contributed by atoms with Crippen LogP contribution in [0.15, 0.2) is 18.2 Å². The number of likely N-dealkylation sites (N-methyl/N-ethyl adjacent to an activating group) is 2. The second kappa shape index (κ2) is 7.72. The summed E-state index contributed by atoms with van der Waals surface area (Å²) in [6, 6.07) is 5.39. The van der Waals surface area contributed by atoms with E-state index in [1.54, 1.807) is 6.07 Å². The SMILES string of the molecule is CCN(C(C)CN(C)C)C(CN)c1cc(F)ccc1C. The number of hydrogen-bond acceptors (Lipinski definition) is 3. The molecule has 1 rings (SSSR count). The van der Waals surface area contributed by atoms with E-state index in [0.29, 0.717) is 12.6 Å². The van der Waals surface area contributed by atoms with E-state index in [0.717, 1.165) is 24.2 Å². The standard InChI is InChI=1S/C16H28FN3/c1-6-20(13(3)11-19(4)5)16(10-18)15-9-14(17)8-7-12(15)2/h7-9,13,16H,6,10-11,18H2,1-5H3. The Morgan fingerprint density at radius 3 is 2.45 bits per heavy atom. The Hall–Kier alpha value is -0.970. The molecular weight excluding hydrogens is 253 g/mol. The lowest BCUT2D eigenvalue weighted by molar-refractivity contribution is 0.130. The molecular formula is C16H28FN3. The summed E-state index contributed by atoms with van der Waals surface area (Å²) in [5.74, 6) is -0.194. The first-order chi connectivity index (χ1) is 9.40. The number of benzene rings is 1. The fraction of sp³-hybridized carbons (Fsp3) is 0.625. The van der Waals surface area contributed by atoms with E-state index in [9.17, 15) is 4.39 Å². The molecule has 0 radical (unpaired) electrons. The van der Waals surface area contributed by atoms with Crippen molar-refractivity contribution in [3.05, 3.63) is 35.1 Å². The maximum atomic E-state index is 13.6. The number of nitrogens with two attached hydrogens (primary N) is 1. The average molecular weight is 281 g/mol. The molecule has 1 aromatic rings. The predicted octanol–water partition coefficient (Wildman–Crippen LogP) is 2.41. The highest BCUT2D eigenvalue weighted by Crippen LogP contribution is 2.25. The zero-order valence-electron chi connectivity index (χ0n) is 13.4. The molecule has 0 saturated carbocycles. The molecule has 0 saturated heterocycles. The predicted molar refractivity (Wildman–Crippen MR) is 83.3 cm³/mol. The number of hydrogen-bond donors (Lipinski definition) is 1. The van der Waals surface area contributed by atoms with Crippen LogP contribution in [0.3, 0.4) is 0 Å². The molecule has 0 aliphatic carbocycles. The second-order valence-corrected chi connectivity index (χ2v) is 5.69. The highest BCUT2D eigenvalue weighted by atomic mass is 19.1. The summed E-state index contributed by atoms with van der Waals surface area (Å²) in [4.78, 5) is 4.51. The monoisotopic (exact) mass is 281 g/mol. The van der Waals surface area contributed by atoms with Gasteiger partial charge < -0.3 is 10.6 Å². The molecule has 0 amide bonds. The average Bonchev–Trinajstić information content (AvgIpc) is 2.38. The third-order valence-electron chi connectivity index (χ3n) is 3.78. The van der Waals surface area contributed by atoms with Crippen LogP contribution in [-0.2, 0) is 0 Å².